The summed E-state index contributed by atoms with van der Waals surface area (Å²) in [7, 11) is 0. The zero-order valence-electron chi connectivity index (χ0n) is 9.39. The molecule has 1 nitrogen and oxygen atoms in total. The quantitative estimate of drug-likeness (QED) is 0.569. The Kier molecular flexibility index (Phi) is 5.72. The molecule has 2 atom stereocenters. The highest BCUT2D eigenvalue weighted by Gasteiger charge is 2.14. The van der Waals surface area contributed by atoms with Gasteiger partial charge in [-0.15, -0.1) is 0 Å². The Hall–Kier alpha value is -0.560. The van der Waals surface area contributed by atoms with Crippen molar-refractivity contribution in [3.05, 3.63) is 24.3 Å². The lowest BCUT2D eigenvalue weighted by molar-refractivity contribution is 0.0250. The Morgan fingerprint density at radius 2 is 1.31 bits per heavy atom. The van der Waals surface area contributed by atoms with Crippen LogP contribution in [0, 0.1) is 0 Å². The van der Waals surface area contributed by atoms with Crippen molar-refractivity contribution in [2.75, 3.05) is 0 Å². The Morgan fingerprint density at radius 3 is 1.46 bits per heavy atom. The molecule has 0 fully saturated rings. The molecule has 0 amide bonds. The van der Waals surface area contributed by atoms with Gasteiger partial charge in [0.1, 0.15) is 0 Å². The summed E-state index contributed by atoms with van der Waals surface area (Å²) in [6.07, 6.45) is 2.33. The van der Waals surface area contributed by atoms with Crippen molar-refractivity contribution in [1.82, 2.24) is 0 Å². The molecule has 0 spiro atoms. The van der Waals surface area contributed by atoms with E-state index in [1.807, 2.05) is 13.8 Å². The molecule has 0 heterocycles. The molecule has 0 aliphatic rings. The largest absolute Gasteiger partial charge is 0.366 e. The third kappa shape index (κ3) is 4.28. The molecular weight excluding hydrogens is 160 g/mol. The summed E-state index contributed by atoms with van der Waals surface area (Å²) < 4.78 is 5.87. The van der Waals surface area contributed by atoms with E-state index in [9.17, 15) is 0 Å². The molecule has 1 heteroatoms. The molecule has 0 rings (SSSR count). The van der Waals surface area contributed by atoms with Gasteiger partial charge in [-0.2, -0.15) is 0 Å². The molecule has 0 saturated heterocycles. The Bertz CT molecular complexity index is 162. The second kappa shape index (κ2) is 5.98. The van der Waals surface area contributed by atoms with Gasteiger partial charge in [0, 0.05) is 0 Å². The molecule has 0 bridgehead atoms. The van der Waals surface area contributed by atoms with Gasteiger partial charge in [-0.3, -0.25) is 0 Å². The highest BCUT2D eigenvalue weighted by atomic mass is 16.5. The monoisotopic (exact) mass is 182 g/mol. The highest BCUT2D eigenvalue weighted by molar-refractivity contribution is 5.02. The van der Waals surface area contributed by atoms with E-state index in [4.69, 9.17) is 4.74 Å². The molecule has 13 heavy (non-hydrogen) atoms. The molecule has 0 saturated carbocycles. The minimum atomic E-state index is 0.182. The van der Waals surface area contributed by atoms with Crippen LogP contribution < -0.4 is 0 Å². The van der Waals surface area contributed by atoms with Crippen molar-refractivity contribution in [1.29, 1.82) is 0 Å². The highest BCUT2D eigenvalue weighted by Crippen LogP contribution is 2.16. The van der Waals surface area contributed by atoms with Crippen LogP contribution in [0.1, 0.15) is 40.5 Å². The summed E-state index contributed by atoms with van der Waals surface area (Å²) in [5.41, 5.74) is 2.20. The number of hydrogen-bond donors (Lipinski definition) is 0. The molecule has 0 aliphatic carbocycles. The Labute approximate surface area is 82.5 Å². The van der Waals surface area contributed by atoms with Crippen LogP contribution in [0.15, 0.2) is 24.3 Å². The van der Waals surface area contributed by atoms with E-state index >= 15 is 0 Å². The van der Waals surface area contributed by atoms with Crippen molar-refractivity contribution in [3.63, 3.8) is 0 Å². The van der Waals surface area contributed by atoms with Crippen molar-refractivity contribution < 1.29 is 4.74 Å². The van der Waals surface area contributed by atoms with Gasteiger partial charge < -0.3 is 4.74 Å². The molecule has 2 unspecified atom stereocenters. The van der Waals surface area contributed by atoms with E-state index in [0.717, 1.165) is 24.0 Å². The molecule has 76 valence electrons. The van der Waals surface area contributed by atoms with Crippen molar-refractivity contribution in [2.45, 2.75) is 52.7 Å². The normalized spacial score (nSPS) is 15.1. The second-order valence-electron chi connectivity index (χ2n) is 3.62. The number of rotatable bonds is 6. The number of hydrogen-bond acceptors (Lipinski definition) is 1. The zero-order chi connectivity index (χ0) is 10.4. The van der Waals surface area contributed by atoms with Gasteiger partial charge in [0.2, 0.25) is 0 Å². The van der Waals surface area contributed by atoms with Crippen LogP contribution >= 0.6 is 0 Å². The maximum Gasteiger partial charge on any atom is 0.0785 e. The third-order valence-electron chi connectivity index (χ3n) is 2.17. The van der Waals surface area contributed by atoms with Gasteiger partial charge in [0.15, 0.2) is 0 Å². The minimum Gasteiger partial charge on any atom is -0.366 e. The van der Waals surface area contributed by atoms with Crippen LogP contribution in [0.25, 0.3) is 0 Å². The van der Waals surface area contributed by atoms with Crippen LogP contribution in [0.3, 0.4) is 0 Å². The lowest BCUT2D eigenvalue weighted by Gasteiger charge is -2.23. The molecule has 0 aromatic rings. The topological polar surface area (TPSA) is 9.23 Å². The van der Waals surface area contributed by atoms with E-state index in [0.29, 0.717) is 0 Å². The molecule has 0 aromatic carbocycles. The van der Waals surface area contributed by atoms with Gasteiger partial charge >= 0.3 is 0 Å². The van der Waals surface area contributed by atoms with Crippen LogP contribution in [0.5, 0.6) is 0 Å². The lowest BCUT2D eigenvalue weighted by Crippen LogP contribution is -2.22. The smallest absolute Gasteiger partial charge is 0.0785 e. The zero-order valence-corrected chi connectivity index (χ0v) is 9.39. The van der Waals surface area contributed by atoms with Crippen LogP contribution in [0.2, 0.25) is 0 Å². The molecular formula is C12H22O. The van der Waals surface area contributed by atoms with Crippen molar-refractivity contribution in [3.8, 4) is 0 Å². The third-order valence-corrected chi connectivity index (χ3v) is 2.17. The average Bonchev–Trinajstić information content (AvgIpc) is 2.05. The summed E-state index contributed by atoms with van der Waals surface area (Å²) in [6.45, 7) is 16.1. The van der Waals surface area contributed by atoms with Crippen LogP contribution in [0.4, 0.5) is 0 Å². The Morgan fingerprint density at radius 1 is 1.00 bits per heavy atom. The molecule has 0 aliphatic heterocycles. The van der Waals surface area contributed by atoms with Crippen LogP contribution in [-0.2, 0) is 4.74 Å². The summed E-state index contributed by atoms with van der Waals surface area (Å²) in [5.74, 6) is 0. The second-order valence-corrected chi connectivity index (χ2v) is 3.62. The SMILES string of the molecule is C=C(C)C(CC)OC(CC)C(=C)C. The van der Waals surface area contributed by atoms with Crippen molar-refractivity contribution in [2.24, 2.45) is 0 Å². The average molecular weight is 182 g/mol. The molecule has 0 radical (unpaired) electrons. The predicted molar refractivity (Wildman–Crippen MR) is 58.9 cm³/mol. The van der Waals surface area contributed by atoms with Gasteiger partial charge in [-0.05, 0) is 26.7 Å². The summed E-state index contributed by atoms with van der Waals surface area (Å²) in [4.78, 5) is 0. The first-order valence-corrected chi connectivity index (χ1v) is 4.99. The minimum absolute atomic E-state index is 0.182. The predicted octanol–water partition coefficient (Wildman–Crippen LogP) is 3.71. The van der Waals surface area contributed by atoms with Crippen LogP contribution in [-0.4, -0.2) is 12.2 Å². The van der Waals surface area contributed by atoms with Gasteiger partial charge in [-0.1, -0.05) is 38.2 Å². The number of ether oxygens (including phenoxy) is 1. The fraction of sp³-hybridized carbons (Fsp3) is 0.667. The van der Waals surface area contributed by atoms with E-state index < -0.39 is 0 Å². The van der Waals surface area contributed by atoms with Gasteiger partial charge in [-0.25, -0.2) is 0 Å². The summed E-state index contributed by atoms with van der Waals surface area (Å²) in [5, 5.41) is 0. The first-order valence-electron chi connectivity index (χ1n) is 4.99. The van der Waals surface area contributed by atoms with Crippen molar-refractivity contribution >= 4 is 0 Å². The Balaban J connectivity index is 4.19. The van der Waals surface area contributed by atoms with E-state index in [1.165, 1.54) is 0 Å². The molecule has 0 aromatic heterocycles. The maximum absolute atomic E-state index is 5.87. The first-order chi connectivity index (χ1) is 6.02. The van der Waals surface area contributed by atoms with Gasteiger partial charge in [0.25, 0.3) is 0 Å². The summed E-state index contributed by atoms with van der Waals surface area (Å²) >= 11 is 0. The van der Waals surface area contributed by atoms with Gasteiger partial charge in [0.05, 0.1) is 12.2 Å². The first kappa shape index (κ1) is 12.4. The van der Waals surface area contributed by atoms with E-state index in [1.54, 1.807) is 0 Å². The van der Waals surface area contributed by atoms with E-state index in [-0.39, 0.29) is 12.2 Å². The lowest BCUT2D eigenvalue weighted by atomic mass is 10.1. The fourth-order valence-corrected chi connectivity index (χ4v) is 1.32. The maximum atomic E-state index is 5.87. The molecule has 0 N–H and O–H groups in total. The fourth-order valence-electron chi connectivity index (χ4n) is 1.32. The standard InChI is InChI=1S/C12H22O/c1-7-11(9(3)4)13-12(8-2)10(5)6/h11-12H,3,5,7-8H2,1-2,4,6H3. The summed E-state index contributed by atoms with van der Waals surface area (Å²) in [6, 6.07) is 0. The van der Waals surface area contributed by atoms with E-state index in [2.05, 4.69) is 27.0 Å².